The Morgan fingerprint density at radius 2 is 2.10 bits per heavy atom. The Morgan fingerprint density at radius 3 is 2.65 bits per heavy atom. The molecule has 0 radical (unpaired) electrons. The number of nitro benzene ring substituents is 1. The van der Waals surface area contributed by atoms with Gasteiger partial charge in [0, 0.05) is 23.9 Å². The van der Waals surface area contributed by atoms with Crippen LogP contribution in [-0.2, 0) is 9.53 Å². The van der Waals surface area contributed by atoms with Gasteiger partial charge in [0.15, 0.2) is 0 Å². The number of carbonyl (C=O) groups excluding carboxylic acids is 1. The van der Waals surface area contributed by atoms with Gasteiger partial charge in [0.05, 0.1) is 11.5 Å². The largest absolute Gasteiger partial charge is 0.465 e. The van der Waals surface area contributed by atoms with Gasteiger partial charge in [0.1, 0.15) is 6.54 Å². The number of esters is 1. The lowest BCUT2D eigenvalue weighted by molar-refractivity contribution is -0.385. The van der Waals surface area contributed by atoms with Crippen LogP contribution in [0.5, 0.6) is 0 Å². The van der Waals surface area contributed by atoms with E-state index in [9.17, 15) is 14.9 Å². The lowest BCUT2D eigenvalue weighted by Gasteiger charge is -2.23. The monoisotopic (exact) mass is 280 g/mol. The van der Waals surface area contributed by atoms with Crippen LogP contribution in [0.4, 0.5) is 11.4 Å². The maximum Gasteiger partial charge on any atom is 0.325 e. The first-order chi connectivity index (χ1) is 9.49. The van der Waals surface area contributed by atoms with Crippen molar-refractivity contribution in [3.05, 3.63) is 33.9 Å². The average molecular weight is 280 g/mol. The minimum absolute atomic E-state index is 0.0625. The molecule has 0 heterocycles. The summed E-state index contributed by atoms with van der Waals surface area (Å²) in [7, 11) is 0. The van der Waals surface area contributed by atoms with Gasteiger partial charge in [-0.1, -0.05) is 13.0 Å². The molecule has 0 aromatic heterocycles. The Balaban J connectivity index is 2.99. The van der Waals surface area contributed by atoms with Gasteiger partial charge < -0.3 is 9.64 Å². The zero-order chi connectivity index (χ0) is 15.1. The summed E-state index contributed by atoms with van der Waals surface area (Å²) in [6, 6.07) is 4.99. The maximum absolute atomic E-state index is 11.6. The predicted octanol–water partition coefficient (Wildman–Crippen LogP) is 2.68. The van der Waals surface area contributed by atoms with Gasteiger partial charge in [-0.25, -0.2) is 0 Å². The van der Waals surface area contributed by atoms with Gasteiger partial charge >= 0.3 is 5.97 Å². The molecule has 0 saturated heterocycles. The van der Waals surface area contributed by atoms with Crippen molar-refractivity contribution in [2.75, 3.05) is 24.6 Å². The second kappa shape index (κ2) is 7.47. The van der Waals surface area contributed by atoms with Crippen LogP contribution in [0.2, 0.25) is 0 Å². The second-order valence-corrected chi connectivity index (χ2v) is 4.45. The van der Waals surface area contributed by atoms with E-state index in [4.69, 9.17) is 4.74 Å². The van der Waals surface area contributed by atoms with Crippen LogP contribution in [0, 0.1) is 17.0 Å². The smallest absolute Gasteiger partial charge is 0.325 e. The summed E-state index contributed by atoms with van der Waals surface area (Å²) in [5.74, 6) is -0.329. The molecule has 0 N–H and O–H groups in total. The first-order valence-electron chi connectivity index (χ1n) is 6.65. The molecule has 1 rings (SSSR count). The highest BCUT2D eigenvalue weighted by atomic mass is 16.6. The minimum Gasteiger partial charge on any atom is -0.465 e. The van der Waals surface area contributed by atoms with Crippen LogP contribution in [0.25, 0.3) is 0 Å². The summed E-state index contributed by atoms with van der Waals surface area (Å²) in [4.78, 5) is 24.0. The normalized spacial score (nSPS) is 10.2. The molecule has 6 nitrogen and oxygen atoms in total. The molecule has 0 saturated carbocycles. The van der Waals surface area contributed by atoms with Crippen molar-refractivity contribution in [1.82, 2.24) is 0 Å². The van der Waals surface area contributed by atoms with Gasteiger partial charge in [-0.2, -0.15) is 0 Å². The van der Waals surface area contributed by atoms with E-state index in [0.717, 1.165) is 6.42 Å². The third-order valence-electron chi connectivity index (χ3n) is 2.87. The lowest BCUT2D eigenvalue weighted by Crippen LogP contribution is -2.31. The van der Waals surface area contributed by atoms with E-state index in [2.05, 4.69) is 0 Å². The molecule has 0 fully saturated rings. The van der Waals surface area contributed by atoms with Crippen LogP contribution >= 0.6 is 0 Å². The molecule has 0 aliphatic rings. The minimum atomic E-state index is -0.409. The van der Waals surface area contributed by atoms with E-state index in [1.54, 1.807) is 30.9 Å². The fourth-order valence-corrected chi connectivity index (χ4v) is 1.92. The van der Waals surface area contributed by atoms with Gasteiger partial charge in [-0.3, -0.25) is 14.9 Å². The maximum atomic E-state index is 11.6. The van der Waals surface area contributed by atoms with Gasteiger partial charge in [-0.05, 0) is 26.3 Å². The molecular weight excluding hydrogens is 260 g/mol. The third kappa shape index (κ3) is 4.22. The van der Waals surface area contributed by atoms with Crippen molar-refractivity contribution in [2.45, 2.75) is 27.2 Å². The number of ether oxygens (including phenoxy) is 1. The van der Waals surface area contributed by atoms with Crippen molar-refractivity contribution >= 4 is 17.3 Å². The molecule has 0 aliphatic carbocycles. The molecule has 0 aliphatic heterocycles. The first-order valence-corrected chi connectivity index (χ1v) is 6.65. The predicted molar refractivity (Wildman–Crippen MR) is 77.0 cm³/mol. The number of carbonyl (C=O) groups is 1. The Labute approximate surface area is 118 Å². The standard InChI is InChI=1S/C14H20N2O4/c1-4-8-15(10-14(17)20-5-2)12-7-6-11(3)13(9-12)16(18)19/h6-7,9H,4-5,8,10H2,1-3H3. The summed E-state index contributed by atoms with van der Waals surface area (Å²) in [6.45, 7) is 6.49. The molecular formula is C14H20N2O4. The van der Waals surface area contributed by atoms with Crippen molar-refractivity contribution in [1.29, 1.82) is 0 Å². The summed E-state index contributed by atoms with van der Waals surface area (Å²) in [5.41, 5.74) is 1.33. The molecule has 0 unspecified atom stereocenters. The highest BCUT2D eigenvalue weighted by molar-refractivity contribution is 5.76. The van der Waals surface area contributed by atoms with Crippen molar-refractivity contribution in [2.24, 2.45) is 0 Å². The van der Waals surface area contributed by atoms with Crippen molar-refractivity contribution < 1.29 is 14.5 Å². The second-order valence-electron chi connectivity index (χ2n) is 4.45. The summed E-state index contributed by atoms with van der Waals surface area (Å²) in [6.07, 6.45) is 0.834. The molecule has 0 atom stereocenters. The number of nitro groups is 1. The number of benzene rings is 1. The fraction of sp³-hybridized carbons (Fsp3) is 0.500. The molecule has 0 spiro atoms. The highest BCUT2D eigenvalue weighted by Gasteiger charge is 2.16. The molecule has 1 aromatic carbocycles. The van der Waals surface area contributed by atoms with E-state index in [1.807, 2.05) is 6.92 Å². The Morgan fingerprint density at radius 1 is 1.40 bits per heavy atom. The van der Waals surface area contributed by atoms with Crippen LogP contribution < -0.4 is 4.90 Å². The number of hydrogen-bond acceptors (Lipinski definition) is 5. The van der Waals surface area contributed by atoms with Gasteiger partial charge in [-0.15, -0.1) is 0 Å². The highest BCUT2D eigenvalue weighted by Crippen LogP contribution is 2.25. The van der Waals surface area contributed by atoms with E-state index >= 15 is 0 Å². The zero-order valence-electron chi connectivity index (χ0n) is 12.1. The molecule has 110 valence electrons. The number of aryl methyl sites for hydroxylation is 1. The van der Waals surface area contributed by atoms with Gasteiger partial charge in [0.25, 0.3) is 5.69 Å². The summed E-state index contributed by atoms with van der Waals surface area (Å²) in [5, 5.41) is 11.0. The zero-order valence-corrected chi connectivity index (χ0v) is 12.1. The van der Waals surface area contributed by atoms with E-state index < -0.39 is 4.92 Å². The lowest BCUT2D eigenvalue weighted by atomic mass is 10.1. The molecule has 1 aromatic rings. The molecule has 20 heavy (non-hydrogen) atoms. The third-order valence-corrected chi connectivity index (χ3v) is 2.87. The van der Waals surface area contributed by atoms with Crippen LogP contribution in [0.15, 0.2) is 18.2 Å². The molecule has 0 amide bonds. The topological polar surface area (TPSA) is 72.7 Å². The van der Waals surface area contributed by atoms with Crippen molar-refractivity contribution in [3.8, 4) is 0 Å². The average Bonchev–Trinajstić information content (AvgIpc) is 2.38. The SMILES string of the molecule is CCCN(CC(=O)OCC)c1ccc(C)c([N+](=O)[O-])c1. The number of anilines is 1. The van der Waals surface area contributed by atoms with E-state index in [0.29, 0.717) is 24.4 Å². The number of rotatable bonds is 7. The van der Waals surface area contributed by atoms with Gasteiger partial charge in [0.2, 0.25) is 0 Å². The first kappa shape index (κ1) is 15.9. The summed E-state index contributed by atoms with van der Waals surface area (Å²) < 4.78 is 4.93. The quantitative estimate of drug-likeness (QED) is 0.436. The summed E-state index contributed by atoms with van der Waals surface area (Å²) >= 11 is 0. The van der Waals surface area contributed by atoms with E-state index in [1.165, 1.54) is 6.07 Å². The van der Waals surface area contributed by atoms with E-state index in [-0.39, 0.29) is 18.2 Å². The Hall–Kier alpha value is -2.11. The Bertz CT molecular complexity index is 488. The number of nitrogens with zero attached hydrogens (tertiary/aromatic N) is 2. The van der Waals surface area contributed by atoms with Crippen molar-refractivity contribution in [3.63, 3.8) is 0 Å². The van der Waals surface area contributed by atoms with Crippen LogP contribution in [0.3, 0.4) is 0 Å². The fourth-order valence-electron chi connectivity index (χ4n) is 1.92. The Kier molecular flexibility index (Phi) is 5.96. The van der Waals surface area contributed by atoms with Crippen LogP contribution in [0.1, 0.15) is 25.8 Å². The van der Waals surface area contributed by atoms with Crippen LogP contribution in [-0.4, -0.2) is 30.6 Å². The molecule has 6 heteroatoms. The number of hydrogen-bond donors (Lipinski definition) is 0. The molecule has 0 bridgehead atoms.